The van der Waals surface area contributed by atoms with Crippen molar-refractivity contribution in [1.29, 1.82) is 0 Å². The Balaban J connectivity index is 1.85. The van der Waals surface area contributed by atoms with Gasteiger partial charge in [0.2, 0.25) is 5.79 Å². The molecule has 0 saturated heterocycles. The zero-order chi connectivity index (χ0) is 14.4. The maximum atomic E-state index is 6.62. The minimum Gasteiger partial charge on any atom is -0.344 e. The van der Waals surface area contributed by atoms with Crippen LogP contribution in [0.4, 0.5) is 11.4 Å². The SMILES string of the molecule is CN1c2ccccc2NC1(N)c1ccc2ccccc2n1. The molecule has 0 aliphatic carbocycles. The molecule has 1 aliphatic rings. The number of anilines is 2. The second kappa shape index (κ2) is 4.20. The Morgan fingerprint density at radius 2 is 1.76 bits per heavy atom. The Kier molecular flexibility index (Phi) is 2.43. The predicted molar refractivity (Wildman–Crippen MR) is 86.1 cm³/mol. The lowest BCUT2D eigenvalue weighted by Gasteiger charge is -2.33. The standard InChI is InChI=1S/C17H16N4/c1-21-15-9-5-4-8-14(15)20-17(21,18)16-11-10-12-6-2-3-7-13(12)19-16/h2-11,20H,18H2,1H3. The Labute approximate surface area is 123 Å². The number of nitrogens with zero attached hydrogens (tertiary/aromatic N) is 2. The topological polar surface area (TPSA) is 54.2 Å². The molecule has 2 heterocycles. The van der Waals surface area contributed by atoms with Crippen LogP contribution in [-0.4, -0.2) is 12.0 Å². The van der Waals surface area contributed by atoms with E-state index in [1.807, 2.05) is 54.4 Å². The summed E-state index contributed by atoms with van der Waals surface area (Å²) in [4.78, 5) is 6.76. The molecule has 0 radical (unpaired) electrons. The van der Waals surface area contributed by atoms with Crippen LogP contribution < -0.4 is 16.0 Å². The van der Waals surface area contributed by atoms with Crippen LogP contribution in [-0.2, 0) is 5.79 Å². The van der Waals surface area contributed by atoms with Gasteiger partial charge >= 0.3 is 0 Å². The Hall–Kier alpha value is -2.59. The predicted octanol–water partition coefficient (Wildman–Crippen LogP) is 2.87. The van der Waals surface area contributed by atoms with Crippen molar-refractivity contribution in [3.8, 4) is 0 Å². The molecule has 3 aromatic rings. The lowest BCUT2D eigenvalue weighted by atomic mass is 10.1. The highest BCUT2D eigenvalue weighted by Crippen LogP contribution is 2.40. The third-order valence-electron chi connectivity index (χ3n) is 4.11. The third kappa shape index (κ3) is 1.69. The second-order valence-corrected chi connectivity index (χ2v) is 5.36. The van der Waals surface area contributed by atoms with E-state index in [4.69, 9.17) is 10.7 Å². The van der Waals surface area contributed by atoms with E-state index < -0.39 is 5.79 Å². The summed E-state index contributed by atoms with van der Waals surface area (Å²) in [5, 5.41) is 4.50. The van der Waals surface area contributed by atoms with E-state index in [0.717, 1.165) is 28.0 Å². The zero-order valence-electron chi connectivity index (χ0n) is 11.7. The van der Waals surface area contributed by atoms with Gasteiger partial charge in [-0.15, -0.1) is 0 Å². The van der Waals surface area contributed by atoms with Crippen molar-refractivity contribution in [2.24, 2.45) is 5.73 Å². The number of fused-ring (bicyclic) bond motifs is 2. The number of rotatable bonds is 1. The van der Waals surface area contributed by atoms with Crippen molar-refractivity contribution in [2.45, 2.75) is 5.79 Å². The van der Waals surface area contributed by atoms with Crippen molar-refractivity contribution in [1.82, 2.24) is 4.98 Å². The molecule has 4 rings (SSSR count). The number of hydrogen-bond acceptors (Lipinski definition) is 4. The molecule has 1 atom stereocenters. The Morgan fingerprint density at radius 1 is 1.00 bits per heavy atom. The summed E-state index contributed by atoms with van der Waals surface area (Å²) in [6, 6.07) is 20.2. The molecule has 4 nitrogen and oxygen atoms in total. The molecular weight excluding hydrogens is 260 g/mol. The molecule has 1 unspecified atom stereocenters. The summed E-state index contributed by atoms with van der Waals surface area (Å²) in [6.07, 6.45) is 0. The monoisotopic (exact) mass is 276 g/mol. The molecule has 4 heteroatoms. The highest BCUT2D eigenvalue weighted by Gasteiger charge is 2.40. The largest absolute Gasteiger partial charge is 0.344 e. The van der Waals surface area contributed by atoms with Gasteiger partial charge in [-0.05, 0) is 24.3 Å². The first-order valence-electron chi connectivity index (χ1n) is 6.95. The van der Waals surface area contributed by atoms with Crippen molar-refractivity contribution >= 4 is 22.3 Å². The van der Waals surface area contributed by atoms with Crippen LogP contribution in [0.5, 0.6) is 0 Å². The van der Waals surface area contributed by atoms with Crippen LogP contribution in [0.3, 0.4) is 0 Å². The van der Waals surface area contributed by atoms with Crippen molar-refractivity contribution < 1.29 is 0 Å². The fraction of sp³-hybridized carbons (Fsp3) is 0.118. The molecule has 0 fully saturated rings. The van der Waals surface area contributed by atoms with E-state index in [9.17, 15) is 0 Å². The van der Waals surface area contributed by atoms with Crippen molar-refractivity contribution in [3.63, 3.8) is 0 Å². The van der Waals surface area contributed by atoms with Crippen LogP contribution in [0.2, 0.25) is 0 Å². The fourth-order valence-electron chi connectivity index (χ4n) is 2.87. The van der Waals surface area contributed by atoms with Crippen LogP contribution in [0.15, 0.2) is 60.7 Å². The lowest BCUT2D eigenvalue weighted by molar-refractivity contribution is 0.509. The number of para-hydroxylation sites is 3. The van der Waals surface area contributed by atoms with Crippen LogP contribution in [0, 0.1) is 0 Å². The number of nitrogens with two attached hydrogens (primary N) is 1. The normalized spacial score (nSPS) is 20.4. The maximum absolute atomic E-state index is 6.62. The molecule has 0 spiro atoms. The minimum absolute atomic E-state index is 0.805. The third-order valence-corrected chi connectivity index (χ3v) is 4.11. The highest BCUT2D eigenvalue weighted by molar-refractivity contribution is 5.81. The van der Waals surface area contributed by atoms with Gasteiger partial charge in [-0.1, -0.05) is 36.4 Å². The van der Waals surface area contributed by atoms with Crippen LogP contribution in [0.1, 0.15) is 5.69 Å². The quantitative estimate of drug-likeness (QED) is 0.717. The minimum atomic E-state index is -0.826. The Morgan fingerprint density at radius 3 is 2.62 bits per heavy atom. The van der Waals surface area contributed by atoms with Gasteiger partial charge in [0, 0.05) is 12.4 Å². The van der Waals surface area contributed by atoms with E-state index >= 15 is 0 Å². The summed E-state index contributed by atoms with van der Waals surface area (Å²) in [6.45, 7) is 0. The maximum Gasteiger partial charge on any atom is 0.209 e. The number of pyridine rings is 1. The fourth-order valence-corrected chi connectivity index (χ4v) is 2.87. The second-order valence-electron chi connectivity index (χ2n) is 5.36. The number of hydrogen-bond donors (Lipinski definition) is 2. The molecule has 21 heavy (non-hydrogen) atoms. The van der Waals surface area contributed by atoms with Gasteiger partial charge in [-0.2, -0.15) is 0 Å². The van der Waals surface area contributed by atoms with Crippen molar-refractivity contribution in [3.05, 3.63) is 66.4 Å². The molecule has 1 aromatic heterocycles. The average molecular weight is 276 g/mol. The zero-order valence-corrected chi connectivity index (χ0v) is 11.7. The van der Waals surface area contributed by atoms with Gasteiger partial charge in [0.25, 0.3) is 0 Å². The average Bonchev–Trinajstić information content (AvgIpc) is 2.80. The van der Waals surface area contributed by atoms with Crippen LogP contribution >= 0.6 is 0 Å². The summed E-state index contributed by atoms with van der Waals surface area (Å²) in [7, 11) is 1.98. The first-order valence-corrected chi connectivity index (χ1v) is 6.95. The number of benzene rings is 2. The van der Waals surface area contributed by atoms with E-state index in [1.165, 1.54) is 0 Å². The molecular formula is C17H16N4. The molecule has 0 bridgehead atoms. The van der Waals surface area contributed by atoms with Gasteiger partial charge in [0.1, 0.15) is 5.69 Å². The molecule has 2 aromatic carbocycles. The number of aromatic nitrogens is 1. The van der Waals surface area contributed by atoms with Gasteiger partial charge < -0.3 is 10.2 Å². The molecule has 0 amide bonds. The summed E-state index contributed by atoms with van der Waals surface area (Å²) < 4.78 is 0. The Bertz CT molecular complexity index is 830. The molecule has 1 aliphatic heterocycles. The summed E-state index contributed by atoms with van der Waals surface area (Å²) in [5.41, 5.74) is 10.5. The van der Waals surface area contributed by atoms with Crippen molar-refractivity contribution in [2.75, 3.05) is 17.3 Å². The van der Waals surface area contributed by atoms with Crippen LogP contribution in [0.25, 0.3) is 10.9 Å². The summed E-state index contributed by atoms with van der Waals surface area (Å²) in [5.74, 6) is -0.826. The van der Waals surface area contributed by atoms with Gasteiger partial charge in [-0.3, -0.25) is 5.73 Å². The molecule has 0 saturated carbocycles. The van der Waals surface area contributed by atoms with E-state index in [-0.39, 0.29) is 0 Å². The lowest BCUT2D eigenvalue weighted by Crippen LogP contribution is -2.54. The first kappa shape index (κ1) is 12.2. The molecule has 3 N–H and O–H groups in total. The first-order chi connectivity index (χ1) is 10.2. The highest BCUT2D eigenvalue weighted by atomic mass is 15.4. The van der Waals surface area contributed by atoms with E-state index in [2.05, 4.69) is 23.5 Å². The smallest absolute Gasteiger partial charge is 0.209 e. The van der Waals surface area contributed by atoms with Gasteiger partial charge in [-0.25, -0.2) is 4.98 Å². The summed E-state index contributed by atoms with van der Waals surface area (Å²) >= 11 is 0. The van der Waals surface area contributed by atoms with Gasteiger partial charge in [0.05, 0.1) is 16.9 Å². The number of nitrogens with one attached hydrogen (secondary N) is 1. The van der Waals surface area contributed by atoms with E-state index in [1.54, 1.807) is 0 Å². The van der Waals surface area contributed by atoms with Gasteiger partial charge in [0.15, 0.2) is 0 Å². The van der Waals surface area contributed by atoms with E-state index in [0.29, 0.717) is 0 Å². The molecule has 104 valence electrons.